The van der Waals surface area contributed by atoms with E-state index < -0.39 is 0 Å². The Morgan fingerprint density at radius 2 is 1.47 bits per heavy atom. The Balaban J connectivity index is 1.71. The average molecular weight is 413 g/mol. The van der Waals surface area contributed by atoms with Gasteiger partial charge in [0.25, 0.3) is 0 Å². The Morgan fingerprint density at radius 1 is 0.867 bits per heavy atom. The van der Waals surface area contributed by atoms with Crippen LogP contribution in [0, 0.1) is 5.92 Å². The van der Waals surface area contributed by atoms with Gasteiger partial charge in [-0.3, -0.25) is 4.79 Å². The minimum absolute atomic E-state index is 0.136. The van der Waals surface area contributed by atoms with E-state index in [0.29, 0.717) is 11.6 Å². The van der Waals surface area contributed by atoms with Crippen LogP contribution < -0.4 is 9.47 Å². The van der Waals surface area contributed by atoms with Crippen LogP contribution in [0.1, 0.15) is 78.6 Å². The van der Waals surface area contributed by atoms with Gasteiger partial charge >= 0.3 is 5.97 Å². The topological polar surface area (TPSA) is 61.3 Å². The van der Waals surface area contributed by atoms with E-state index in [0.717, 1.165) is 30.8 Å². The van der Waals surface area contributed by atoms with Crippen molar-refractivity contribution in [2.75, 3.05) is 6.61 Å². The highest BCUT2D eigenvalue weighted by molar-refractivity contribution is 5.74. The highest BCUT2D eigenvalue weighted by atomic mass is 16.5. The van der Waals surface area contributed by atoms with E-state index in [1.165, 1.54) is 57.3 Å². The lowest BCUT2D eigenvalue weighted by Gasteiger charge is -2.09. The molecule has 0 aliphatic carbocycles. The second-order valence-corrected chi connectivity index (χ2v) is 7.82. The zero-order valence-electron chi connectivity index (χ0n) is 18.7. The molecule has 0 aliphatic heterocycles. The lowest BCUT2D eigenvalue weighted by molar-refractivity contribution is -0.138. The number of carbonyl (C=O) groups excluding carboxylic acids is 1. The van der Waals surface area contributed by atoms with Crippen molar-refractivity contribution in [1.82, 2.24) is 9.97 Å². The van der Waals surface area contributed by atoms with Crippen LogP contribution in [-0.4, -0.2) is 22.5 Å². The molecule has 0 aliphatic rings. The number of esters is 1. The minimum atomic E-state index is -0.258. The standard InChI is InChI=1S/C25H36N2O3/c1-4-6-7-8-9-10-11-12-17-29-22-15-13-21(14-16-22)24-26-18-23(19-27-24)30-25(28)20(3)5-2/h13-16,18-20H,4-12,17H2,1-3H3. The van der Waals surface area contributed by atoms with Crippen molar-refractivity contribution in [2.24, 2.45) is 5.92 Å². The van der Waals surface area contributed by atoms with E-state index in [-0.39, 0.29) is 11.9 Å². The molecule has 0 fully saturated rings. The highest BCUT2D eigenvalue weighted by Gasteiger charge is 2.13. The van der Waals surface area contributed by atoms with Gasteiger partial charge in [0, 0.05) is 5.56 Å². The van der Waals surface area contributed by atoms with E-state index in [2.05, 4.69) is 16.9 Å². The second-order valence-electron chi connectivity index (χ2n) is 7.82. The van der Waals surface area contributed by atoms with Crippen LogP contribution in [0.15, 0.2) is 36.7 Å². The van der Waals surface area contributed by atoms with Gasteiger partial charge in [0.15, 0.2) is 11.6 Å². The number of aromatic nitrogens is 2. The van der Waals surface area contributed by atoms with Gasteiger partial charge in [-0.25, -0.2) is 9.97 Å². The van der Waals surface area contributed by atoms with Crippen LogP contribution in [0.3, 0.4) is 0 Å². The van der Waals surface area contributed by atoms with Gasteiger partial charge in [-0.05, 0) is 37.1 Å². The van der Waals surface area contributed by atoms with Crippen molar-refractivity contribution in [3.63, 3.8) is 0 Å². The quantitative estimate of drug-likeness (QED) is 0.258. The number of rotatable bonds is 14. The van der Waals surface area contributed by atoms with Crippen LogP contribution in [0.25, 0.3) is 11.4 Å². The molecular weight excluding hydrogens is 376 g/mol. The molecule has 2 rings (SSSR count). The molecule has 1 unspecified atom stereocenters. The molecule has 0 saturated heterocycles. The van der Waals surface area contributed by atoms with Gasteiger partial charge in [-0.2, -0.15) is 0 Å². The number of hydrogen-bond donors (Lipinski definition) is 0. The molecule has 1 heterocycles. The molecular formula is C25H36N2O3. The third-order valence-corrected chi connectivity index (χ3v) is 5.24. The lowest BCUT2D eigenvalue weighted by atomic mass is 10.1. The molecule has 1 aromatic heterocycles. The SMILES string of the molecule is CCCCCCCCCCOc1ccc(-c2ncc(OC(=O)C(C)CC)cn2)cc1. The van der Waals surface area contributed by atoms with Gasteiger partial charge in [0.2, 0.25) is 0 Å². The molecule has 164 valence electrons. The molecule has 0 bridgehead atoms. The summed E-state index contributed by atoms with van der Waals surface area (Å²) in [6.45, 7) is 6.80. The molecule has 30 heavy (non-hydrogen) atoms. The summed E-state index contributed by atoms with van der Waals surface area (Å²) in [6, 6.07) is 7.78. The Bertz CT molecular complexity index is 729. The summed E-state index contributed by atoms with van der Waals surface area (Å²) in [5.74, 6) is 1.43. The van der Waals surface area contributed by atoms with E-state index in [9.17, 15) is 4.79 Å². The van der Waals surface area contributed by atoms with Gasteiger partial charge in [-0.15, -0.1) is 0 Å². The molecule has 0 amide bonds. The maximum Gasteiger partial charge on any atom is 0.314 e. The molecule has 0 saturated carbocycles. The monoisotopic (exact) mass is 412 g/mol. The summed E-state index contributed by atoms with van der Waals surface area (Å²) < 4.78 is 11.1. The first-order valence-electron chi connectivity index (χ1n) is 11.4. The van der Waals surface area contributed by atoms with Crippen molar-refractivity contribution < 1.29 is 14.3 Å². The normalized spacial score (nSPS) is 11.8. The van der Waals surface area contributed by atoms with E-state index in [1.807, 2.05) is 38.1 Å². The van der Waals surface area contributed by atoms with Crippen molar-refractivity contribution in [3.05, 3.63) is 36.7 Å². The molecule has 1 aromatic carbocycles. The fourth-order valence-electron chi connectivity index (χ4n) is 3.03. The van der Waals surface area contributed by atoms with Crippen molar-refractivity contribution in [3.8, 4) is 22.9 Å². The smallest absolute Gasteiger partial charge is 0.314 e. The van der Waals surface area contributed by atoms with E-state index in [1.54, 1.807) is 0 Å². The second kappa shape index (κ2) is 13.7. The number of hydrogen-bond acceptors (Lipinski definition) is 5. The first-order chi connectivity index (χ1) is 14.6. The summed E-state index contributed by atoms with van der Waals surface area (Å²) in [6.07, 6.45) is 14.2. The molecule has 2 aromatic rings. The first kappa shape index (κ1) is 23.8. The van der Waals surface area contributed by atoms with Crippen LogP contribution in [0.2, 0.25) is 0 Å². The molecule has 1 atom stereocenters. The van der Waals surface area contributed by atoms with Crippen LogP contribution in [-0.2, 0) is 4.79 Å². The van der Waals surface area contributed by atoms with Crippen LogP contribution in [0.5, 0.6) is 11.5 Å². The Morgan fingerprint density at radius 3 is 2.07 bits per heavy atom. The zero-order chi connectivity index (χ0) is 21.6. The predicted octanol–water partition coefficient (Wildman–Crippen LogP) is 6.61. The fourth-order valence-corrected chi connectivity index (χ4v) is 3.03. The first-order valence-corrected chi connectivity index (χ1v) is 11.4. The van der Waals surface area contributed by atoms with E-state index in [4.69, 9.17) is 9.47 Å². The van der Waals surface area contributed by atoms with Crippen LogP contribution in [0.4, 0.5) is 0 Å². The number of ether oxygens (including phenoxy) is 2. The fraction of sp³-hybridized carbons (Fsp3) is 0.560. The van der Waals surface area contributed by atoms with Gasteiger partial charge in [-0.1, -0.05) is 65.7 Å². The van der Waals surface area contributed by atoms with Crippen molar-refractivity contribution >= 4 is 5.97 Å². The third-order valence-electron chi connectivity index (χ3n) is 5.24. The van der Waals surface area contributed by atoms with Gasteiger partial charge < -0.3 is 9.47 Å². The third kappa shape index (κ3) is 8.52. The summed E-state index contributed by atoms with van der Waals surface area (Å²) in [7, 11) is 0. The van der Waals surface area contributed by atoms with Crippen molar-refractivity contribution in [1.29, 1.82) is 0 Å². The summed E-state index contributed by atoms with van der Waals surface area (Å²) in [4.78, 5) is 20.5. The Labute approximate surface area is 181 Å². The molecule has 0 spiro atoms. The molecule has 0 radical (unpaired) electrons. The molecule has 5 nitrogen and oxygen atoms in total. The van der Waals surface area contributed by atoms with Crippen molar-refractivity contribution in [2.45, 2.75) is 78.6 Å². The lowest BCUT2D eigenvalue weighted by Crippen LogP contribution is -2.17. The molecule has 0 N–H and O–H groups in total. The zero-order valence-corrected chi connectivity index (χ0v) is 18.7. The minimum Gasteiger partial charge on any atom is -0.494 e. The Kier molecular flexibility index (Phi) is 10.9. The number of nitrogens with zero attached hydrogens (tertiary/aromatic N) is 2. The summed E-state index contributed by atoms with van der Waals surface area (Å²) >= 11 is 0. The summed E-state index contributed by atoms with van der Waals surface area (Å²) in [5.41, 5.74) is 0.897. The number of carbonyl (C=O) groups is 1. The predicted molar refractivity (Wildman–Crippen MR) is 121 cm³/mol. The molecule has 5 heteroatoms. The highest BCUT2D eigenvalue weighted by Crippen LogP contribution is 2.21. The maximum absolute atomic E-state index is 11.8. The summed E-state index contributed by atoms with van der Waals surface area (Å²) in [5, 5.41) is 0. The number of benzene rings is 1. The van der Waals surface area contributed by atoms with E-state index >= 15 is 0 Å². The van der Waals surface area contributed by atoms with Gasteiger partial charge in [0.1, 0.15) is 5.75 Å². The Hall–Kier alpha value is -2.43. The largest absolute Gasteiger partial charge is 0.494 e. The van der Waals surface area contributed by atoms with Crippen LogP contribution >= 0.6 is 0 Å². The number of unbranched alkanes of at least 4 members (excludes halogenated alkanes) is 7. The maximum atomic E-state index is 11.8. The average Bonchev–Trinajstić information content (AvgIpc) is 2.78. The van der Waals surface area contributed by atoms with Gasteiger partial charge in [0.05, 0.1) is 24.9 Å².